The molecule has 2 aliphatic heterocycles. The molecule has 3 rings (SSSR count). The van der Waals surface area contributed by atoms with Crippen LogP contribution in [0.25, 0.3) is 0 Å². The molecule has 149 valence electrons. The van der Waals surface area contributed by atoms with Crippen molar-refractivity contribution in [2.45, 2.75) is 31.9 Å². The number of urea groups is 1. The Morgan fingerprint density at radius 1 is 1.11 bits per heavy atom. The number of ether oxygens (including phenoxy) is 2. The predicted molar refractivity (Wildman–Crippen MR) is 107 cm³/mol. The third kappa shape index (κ3) is 6.11. The Morgan fingerprint density at radius 2 is 1.82 bits per heavy atom. The number of methoxy groups -OCH3 is 1. The molecular formula is C20H29N3NaO4. The third-order valence-electron chi connectivity index (χ3n) is 5.28. The van der Waals surface area contributed by atoms with Gasteiger partial charge in [-0.25, -0.2) is 9.59 Å². The average Bonchev–Trinajstić information content (AvgIpc) is 2.72. The number of piperidine rings is 1. The van der Waals surface area contributed by atoms with Gasteiger partial charge in [-0.15, -0.1) is 0 Å². The van der Waals surface area contributed by atoms with Crippen molar-refractivity contribution in [3.05, 3.63) is 35.9 Å². The topological polar surface area (TPSA) is 62.3 Å². The quantitative estimate of drug-likeness (QED) is 0.689. The molecule has 7 nitrogen and oxygen atoms in total. The van der Waals surface area contributed by atoms with Gasteiger partial charge in [0.1, 0.15) is 6.61 Å². The number of hydrogen-bond donors (Lipinski definition) is 0. The average molecular weight is 398 g/mol. The van der Waals surface area contributed by atoms with Crippen LogP contribution in [0.3, 0.4) is 0 Å². The molecule has 8 heteroatoms. The fraction of sp³-hybridized carbons (Fsp3) is 0.600. The molecule has 28 heavy (non-hydrogen) atoms. The minimum Gasteiger partial charge on any atom is -0.445 e. The van der Waals surface area contributed by atoms with Gasteiger partial charge < -0.3 is 24.2 Å². The first-order chi connectivity index (χ1) is 13.2. The second-order valence-electron chi connectivity index (χ2n) is 7.07. The van der Waals surface area contributed by atoms with Crippen LogP contribution in [-0.4, -0.2) is 109 Å². The van der Waals surface area contributed by atoms with Crippen molar-refractivity contribution in [3.8, 4) is 0 Å². The summed E-state index contributed by atoms with van der Waals surface area (Å²) in [5.74, 6) is 0. The van der Waals surface area contributed by atoms with Gasteiger partial charge in [0.15, 0.2) is 0 Å². The van der Waals surface area contributed by atoms with Gasteiger partial charge in [-0.2, -0.15) is 0 Å². The van der Waals surface area contributed by atoms with E-state index in [4.69, 9.17) is 9.47 Å². The maximum atomic E-state index is 12.7. The number of carbonyl (C=O) groups is 2. The van der Waals surface area contributed by atoms with Crippen molar-refractivity contribution in [3.63, 3.8) is 0 Å². The van der Waals surface area contributed by atoms with E-state index in [0.29, 0.717) is 32.8 Å². The Morgan fingerprint density at radius 3 is 2.50 bits per heavy atom. The molecule has 2 saturated heterocycles. The zero-order chi connectivity index (χ0) is 19.1. The maximum absolute atomic E-state index is 12.7. The Bertz CT molecular complexity index is 623. The predicted octanol–water partition coefficient (Wildman–Crippen LogP) is 2.18. The second-order valence-corrected chi connectivity index (χ2v) is 7.07. The molecule has 0 atom stereocenters. The van der Waals surface area contributed by atoms with E-state index >= 15 is 0 Å². The van der Waals surface area contributed by atoms with Gasteiger partial charge in [0.2, 0.25) is 0 Å². The van der Waals surface area contributed by atoms with Gasteiger partial charge in [-0.3, -0.25) is 0 Å². The molecule has 2 fully saturated rings. The summed E-state index contributed by atoms with van der Waals surface area (Å²) < 4.78 is 10.5. The van der Waals surface area contributed by atoms with E-state index in [-0.39, 0.29) is 47.7 Å². The van der Waals surface area contributed by atoms with Crippen LogP contribution in [-0.2, 0) is 16.1 Å². The Kier molecular flexibility index (Phi) is 9.58. The Hall–Kier alpha value is -1.28. The molecule has 0 unspecified atom stereocenters. The van der Waals surface area contributed by atoms with Crippen LogP contribution in [0.4, 0.5) is 9.59 Å². The van der Waals surface area contributed by atoms with Crippen LogP contribution in [0.5, 0.6) is 0 Å². The summed E-state index contributed by atoms with van der Waals surface area (Å²) in [6, 6.07) is 9.98. The fourth-order valence-electron chi connectivity index (χ4n) is 3.72. The maximum Gasteiger partial charge on any atom is 0.410 e. The first kappa shape index (κ1) is 23.0. The summed E-state index contributed by atoms with van der Waals surface area (Å²) in [5, 5.41) is 0. The standard InChI is InChI=1S/C20H29N3O4.Na/c1-26-15-14-21-10-5-11-23(19(21)24)18-8-12-22(13-9-18)20(25)27-16-17-6-3-2-4-7-17;/h2-4,6-7,18H,5,8-16H2,1H3;. The van der Waals surface area contributed by atoms with Gasteiger partial charge in [0, 0.05) is 75.4 Å². The van der Waals surface area contributed by atoms with E-state index in [0.717, 1.165) is 37.9 Å². The van der Waals surface area contributed by atoms with E-state index in [1.54, 1.807) is 12.0 Å². The van der Waals surface area contributed by atoms with Gasteiger partial charge in [-0.1, -0.05) is 30.3 Å². The molecular weight excluding hydrogens is 369 g/mol. The number of likely N-dealkylation sites (tertiary alicyclic amines) is 1. The van der Waals surface area contributed by atoms with E-state index in [1.165, 1.54) is 0 Å². The Labute approximate surface area is 189 Å². The molecule has 2 aliphatic rings. The largest absolute Gasteiger partial charge is 0.445 e. The van der Waals surface area contributed by atoms with Crippen LogP contribution < -0.4 is 0 Å². The number of carbonyl (C=O) groups excluding carboxylic acids is 2. The van der Waals surface area contributed by atoms with Crippen molar-refractivity contribution in [2.24, 2.45) is 0 Å². The summed E-state index contributed by atoms with van der Waals surface area (Å²) in [6.07, 6.45) is 2.30. The molecule has 0 spiro atoms. The van der Waals surface area contributed by atoms with E-state index in [2.05, 4.69) is 0 Å². The van der Waals surface area contributed by atoms with Crippen molar-refractivity contribution in [1.82, 2.24) is 14.7 Å². The van der Waals surface area contributed by atoms with Crippen LogP contribution in [0.15, 0.2) is 30.3 Å². The van der Waals surface area contributed by atoms with Crippen molar-refractivity contribution in [2.75, 3.05) is 46.4 Å². The van der Waals surface area contributed by atoms with Gasteiger partial charge in [-0.05, 0) is 24.8 Å². The van der Waals surface area contributed by atoms with Crippen LogP contribution in [0, 0.1) is 0 Å². The normalized spacial score (nSPS) is 18.0. The van der Waals surface area contributed by atoms with E-state index in [9.17, 15) is 9.59 Å². The minimum atomic E-state index is -0.274. The molecule has 0 aromatic heterocycles. The SMILES string of the molecule is COCCN1CCCN(C2CCN(C(=O)OCc3ccccc3)CC2)C1=O.[Na]. The van der Waals surface area contributed by atoms with E-state index in [1.807, 2.05) is 40.1 Å². The zero-order valence-electron chi connectivity index (χ0n) is 17.0. The number of hydrogen-bond acceptors (Lipinski definition) is 4. The van der Waals surface area contributed by atoms with Crippen molar-refractivity contribution >= 4 is 41.7 Å². The van der Waals surface area contributed by atoms with Crippen LogP contribution in [0.2, 0.25) is 0 Å². The van der Waals surface area contributed by atoms with Crippen molar-refractivity contribution in [1.29, 1.82) is 0 Å². The summed E-state index contributed by atoms with van der Waals surface area (Å²) in [5.41, 5.74) is 0.982. The van der Waals surface area contributed by atoms with Crippen molar-refractivity contribution < 1.29 is 19.1 Å². The molecule has 0 aliphatic carbocycles. The summed E-state index contributed by atoms with van der Waals surface area (Å²) in [6.45, 7) is 4.33. The molecule has 3 amide bonds. The first-order valence-electron chi connectivity index (χ1n) is 9.69. The van der Waals surface area contributed by atoms with Gasteiger partial charge in [0.05, 0.1) is 6.61 Å². The summed E-state index contributed by atoms with van der Waals surface area (Å²) >= 11 is 0. The summed E-state index contributed by atoms with van der Waals surface area (Å²) in [4.78, 5) is 30.6. The molecule has 0 bridgehead atoms. The Balaban J connectivity index is 0.00000280. The fourth-order valence-corrected chi connectivity index (χ4v) is 3.72. The number of rotatable bonds is 6. The molecule has 1 radical (unpaired) electrons. The molecule has 2 heterocycles. The van der Waals surface area contributed by atoms with Gasteiger partial charge >= 0.3 is 12.1 Å². The second kappa shape index (κ2) is 11.7. The van der Waals surface area contributed by atoms with E-state index < -0.39 is 0 Å². The van der Waals surface area contributed by atoms with Crippen LogP contribution >= 0.6 is 0 Å². The number of benzene rings is 1. The number of amides is 3. The molecule has 0 saturated carbocycles. The third-order valence-corrected chi connectivity index (χ3v) is 5.28. The minimum absolute atomic E-state index is 0. The molecule has 1 aromatic rings. The molecule has 1 aromatic carbocycles. The first-order valence-corrected chi connectivity index (χ1v) is 9.69. The number of nitrogens with zero attached hydrogens (tertiary/aromatic N) is 3. The van der Waals surface area contributed by atoms with Gasteiger partial charge in [0.25, 0.3) is 0 Å². The summed E-state index contributed by atoms with van der Waals surface area (Å²) in [7, 11) is 1.65. The zero-order valence-corrected chi connectivity index (χ0v) is 19.0. The molecule has 0 N–H and O–H groups in total. The van der Waals surface area contributed by atoms with Crippen LogP contribution in [0.1, 0.15) is 24.8 Å². The smallest absolute Gasteiger partial charge is 0.410 e. The monoisotopic (exact) mass is 398 g/mol.